The van der Waals surface area contributed by atoms with E-state index in [4.69, 9.17) is 4.74 Å². The van der Waals surface area contributed by atoms with Crippen LogP contribution in [0, 0.1) is 0 Å². The van der Waals surface area contributed by atoms with E-state index in [1.807, 2.05) is 5.38 Å². The van der Waals surface area contributed by atoms with Crippen LogP contribution in [0.4, 0.5) is 0 Å². The lowest BCUT2D eigenvalue weighted by molar-refractivity contribution is -0.136. The van der Waals surface area contributed by atoms with Gasteiger partial charge in [0.15, 0.2) is 0 Å². The smallest absolute Gasteiger partial charge is 0.256 e. The van der Waals surface area contributed by atoms with Gasteiger partial charge >= 0.3 is 0 Å². The lowest BCUT2D eigenvalue weighted by Crippen LogP contribution is -2.52. The molecule has 2 fully saturated rings. The minimum atomic E-state index is -0.553. The Labute approximate surface area is 298 Å². The molecule has 1 aromatic heterocycles. The number of carbonyl (C=O) groups is 3. The van der Waals surface area contributed by atoms with Gasteiger partial charge < -0.3 is 14.5 Å². The van der Waals surface area contributed by atoms with Gasteiger partial charge in [-0.25, -0.2) is 0 Å². The van der Waals surface area contributed by atoms with E-state index in [0.717, 1.165) is 75.0 Å². The van der Waals surface area contributed by atoms with Crippen molar-refractivity contribution in [2.45, 2.75) is 81.7 Å². The van der Waals surface area contributed by atoms with Crippen LogP contribution >= 0.6 is 11.3 Å². The predicted octanol–water partition coefficient (Wildman–Crippen LogP) is 7.41. The second-order valence-electron chi connectivity index (χ2n) is 14.4. The summed E-state index contributed by atoms with van der Waals surface area (Å²) in [5, 5.41) is 4.38. The van der Waals surface area contributed by atoms with Gasteiger partial charge in [-0.05, 0) is 116 Å². The van der Waals surface area contributed by atoms with Gasteiger partial charge in [0.2, 0.25) is 11.8 Å². The zero-order valence-electron chi connectivity index (χ0n) is 28.5. The van der Waals surface area contributed by atoms with Crippen molar-refractivity contribution in [1.82, 2.24) is 15.1 Å². The molecule has 258 valence electrons. The highest BCUT2D eigenvalue weighted by Crippen LogP contribution is 2.46. The third-order valence-electron chi connectivity index (χ3n) is 11.4. The summed E-state index contributed by atoms with van der Waals surface area (Å²) in [6, 6.07) is 28.2. The highest BCUT2D eigenvalue weighted by atomic mass is 32.1. The number of benzene rings is 3. The number of ether oxygens (including phenoxy) is 1. The van der Waals surface area contributed by atoms with E-state index in [2.05, 4.69) is 89.1 Å². The van der Waals surface area contributed by atoms with Crippen molar-refractivity contribution in [3.8, 4) is 5.75 Å². The van der Waals surface area contributed by atoms with Crippen molar-refractivity contribution in [2.24, 2.45) is 0 Å². The van der Waals surface area contributed by atoms with Crippen LogP contribution in [0.2, 0.25) is 0 Å². The number of hydrogen-bond acceptors (Lipinski definition) is 6. The second kappa shape index (κ2) is 14.5. The number of thiophene rings is 1. The minimum Gasteiger partial charge on any atom is -0.494 e. The van der Waals surface area contributed by atoms with Crippen LogP contribution in [0.5, 0.6) is 5.75 Å². The summed E-state index contributed by atoms with van der Waals surface area (Å²) in [5.41, 5.74) is 7.56. The van der Waals surface area contributed by atoms with Crippen molar-refractivity contribution in [1.29, 1.82) is 0 Å². The average Bonchev–Trinajstić information content (AvgIpc) is 3.71. The molecule has 4 aromatic rings. The van der Waals surface area contributed by atoms with E-state index in [-0.39, 0.29) is 24.1 Å². The average molecular weight is 688 g/mol. The van der Waals surface area contributed by atoms with Crippen LogP contribution in [0.3, 0.4) is 0 Å². The Bertz CT molecular complexity index is 1850. The lowest BCUT2D eigenvalue weighted by Gasteiger charge is -2.34. The number of likely N-dealkylation sites (tertiary alicyclic amines) is 1. The zero-order valence-corrected chi connectivity index (χ0v) is 29.3. The molecule has 0 bridgehead atoms. The third-order valence-corrected chi connectivity index (χ3v) is 12.6. The molecule has 4 heterocycles. The highest BCUT2D eigenvalue weighted by molar-refractivity contribution is 7.10. The first-order chi connectivity index (χ1) is 24.5. The summed E-state index contributed by atoms with van der Waals surface area (Å²) < 4.78 is 6.21. The largest absolute Gasteiger partial charge is 0.494 e. The summed E-state index contributed by atoms with van der Waals surface area (Å²) in [7, 11) is 0. The van der Waals surface area contributed by atoms with Crippen molar-refractivity contribution in [2.75, 3.05) is 26.2 Å². The number of imide groups is 1. The molecular formula is C42H45N3O4S. The van der Waals surface area contributed by atoms with Crippen LogP contribution in [0.1, 0.15) is 106 Å². The van der Waals surface area contributed by atoms with Crippen LogP contribution in [0.25, 0.3) is 0 Å². The van der Waals surface area contributed by atoms with E-state index in [1.165, 1.54) is 27.1 Å². The van der Waals surface area contributed by atoms with Crippen LogP contribution in [-0.2, 0) is 22.6 Å². The molecule has 7 nitrogen and oxygen atoms in total. The van der Waals surface area contributed by atoms with Crippen molar-refractivity contribution in [3.05, 3.63) is 123 Å². The Morgan fingerprint density at radius 2 is 1.58 bits per heavy atom. The van der Waals surface area contributed by atoms with Gasteiger partial charge in [0.1, 0.15) is 11.8 Å². The Morgan fingerprint density at radius 3 is 2.38 bits per heavy atom. The summed E-state index contributed by atoms with van der Waals surface area (Å²) in [6.45, 7) is 4.37. The molecule has 50 heavy (non-hydrogen) atoms. The van der Waals surface area contributed by atoms with E-state index >= 15 is 0 Å². The van der Waals surface area contributed by atoms with E-state index < -0.39 is 6.04 Å². The summed E-state index contributed by atoms with van der Waals surface area (Å²) in [5.74, 6) is 1.53. The van der Waals surface area contributed by atoms with Gasteiger partial charge in [0.05, 0.1) is 12.2 Å². The number of hydrogen-bond donors (Lipinski definition) is 1. The first-order valence-corrected chi connectivity index (χ1v) is 19.2. The predicted molar refractivity (Wildman–Crippen MR) is 196 cm³/mol. The maximum absolute atomic E-state index is 13.2. The molecule has 3 aliphatic heterocycles. The van der Waals surface area contributed by atoms with Crippen molar-refractivity contribution in [3.63, 3.8) is 0 Å². The number of piperidine rings is 2. The number of nitrogens with one attached hydrogen (secondary N) is 1. The molecule has 3 aromatic carbocycles. The maximum Gasteiger partial charge on any atom is 0.256 e. The van der Waals surface area contributed by atoms with E-state index in [0.29, 0.717) is 37.3 Å². The zero-order chi connectivity index (χ0) is 34.0. The quantitative estimate of drug-likeness (QED) is 0.139. The molecule has 0 spiro atoms. The Morgan fingerprint density at radius 1 is 0.800 bits per heavy atom. The summed E-state index contributed by atoms with van der Waals surface area (Å²) in [6.07, 6.45) is 7.25. The van der Waals surface area contributed by atoms with E-state index in [1.54, 1.807) is 16.2 Å². The van der Waals surface area contributed by atoms with Gasteiger partial charge in [-0.3, -0.25) is 19.7 Å². The van der Waals surface area contributed by atoms with Gasteiger partial charge in [-0.15, -0.1) is 11.3 Å². The summed E-state index contributed by atoms with van der Waals surface area (Å²) >= 11 is 1.70. The number of unbranched alkanes of at least 4 members (excludes halogenated alkanes) is 1. The molecule has 2 saturated heterocycles. The van der Waals surface area contributed by atoms with Crippen molar-refractivity contribution < 1.29 is 19.1 Å². The SMILES string of the molecule is O=C1CCC(N2Cc3c(csc3C3CCN(CCCCOc4ccc(C5c6ccccc6CCC5c5ccccc5)cc4)CC3)C2=O)C(=O)N1. The first kappa shape index (κ1) is 32.9. The molecule has 0 radical (unpaired) electrons. The van der Waals surface area contributed by atoms with Gasteiger partial charge in [0.25, 0.3) is 5.91 Å². The van der Waals surface area contributed by atoms with E-state index in [9.17, 15) is 14.4 Å². The number of amides is 3. The van der Waals surface area contributed by atoms with Gasteiger partial charge in [-0.2, -0.15) is 0 Å². The second-order valence-corrected chi connectivity index (χ2v) is 15.3. The Hall–Kier alpha value is -4.27. The standard InChI is InChI=1S/C42H45N3O4S/c46-38-19-18-37(41(47)43-38)45-26-35-36(42(45)48)27-50-40(35)31-20-23-44(24-21-31)22-6-7-25-49-32-15-12-30(13-16-32)39-33-11-5-4-10-29(33)14-17-34(39)28-8-2-1-3-9-28/h1-5,8-13,15-16,27,31,34,37,39H,6-7,14,17-26H2,(H,43,46,47). The molecular weight excluding hydrogens is 643 g/mol. The monoisotopic (exact) mass is 687 g/mol. The van der Waals surface area contributed by atoms with Crippen molar-refractivity contribution >= 4 is 29.1 Å². The number of aryl methyl sites for hydroxylation is 1. The molecule has 3 atom stereocenters. The lowest BCUT2D eigenvalue weighted by atomic mass is 9.69. The maximum atomic E-state index is 13.2. The number of carbonyl (C=O) groups excluding carboxylic acids is 3. The fourth-order valence-electron chi connectivity index (χ4n) is 8.76. The third kappa shape index (κ3) is 6.63. The topological polar surface area (TPSA) is 79.0 Å². The Balaban J connectivity index is 0.798. The molecule has 1 aliphatic carbocycles. The minimum absolute atomic E-state index is 0.0701. The molecule has 3 unspecified atom stereocenters. The fraction of sp³-hybridized carbons (Fsp3) is 0.405. The van der Waals surface area contributed by atoms with Crippen LogP contribution in [-0.4, -0.2) is 59.8 Å². The molecule has 0 saturated carbocycles. The molecule has 1 N–H and O–H groups in total. The Kier molecular flexibility index (Phi) is 9.56. The number of fused-ring (bicyclic) bond motifs is 2. The number of nitrogens with zero attached hydrogens (tertiary/aromatic N) is 2. The first-order valence-electron chi connectivity index (χ1n) is 18.4. The van der Waals surface area contributed by atoms with Gasteiger partial charge in [0, 0.05) is 29.1 Å². The normalized spacial score (nSPS) is 22.7. The van der Waals surface area contributed by atoms with Gasteiger partial charge in [-0.1, -0.05) is 66.7 Å². The number of rotatable bonds is 10. The highest BCUT2D eigenvalue weighted by Gasteiger charge is 2.41. The van der Waals surface area contributed by atoms with Crippen LogP contribution < -0.4 is 10.1 Å². The molecule has 4 aliphatic rings. The molecule has 3 amide bonds. The summed E-state index contributed by atoms with van der Waals surface area (Å²) in [4.78, 5) is 42.8. The molecule has 8 rings (SSSR count). The molecule has 8 heteroatoms. The fourth-order valence-corrected chi connectivity index (χ4v) is 9.99. The van der Waals surface area contributed by atoms with Crippen LogP contribution in [0.15, 0.2) is 84.2 Å².